The summed E-state index contributed by atoms with van der Waals surface area (Å²) in [5.74, 6) is 3.73. The van der Waals surface area contributed by atoms with Gasteiger partial charge in [-0.3, -0.25) is 0 Å². The summed E-state index contributed by atoms with van der Waals surface area (Å²) in [6, 6.07) is 1.52. The first-order valence-corrected chi connectivity index (χ1v) is 11.3. The molecule has 2 nitrogen and oxygen atoms in total. The molecule has 0 aromatic rings. The molecule has 0 saturated carbocycles. The molecule has 0 radical (unpaired) electrons. The third-order valence-corrected chi connectivity index (χ3v) is 6.94. The van der Waals surface area contributed by atoms with E-state index in [0.29, 0.717) is 0 Å². The fraction of sp³-hybridized carbons (Fsp3) is 1.00. The van der Waals surface area contributed by atoms with Gasteiger partial charge in [0.05, 0.1) is 0 Å². The number of nitrogens with zero attached hydrogens (tertiary/aromatic N) is 2. The van der Waals surface area contributed by atoms with Crippen LogP contribution in [0.4, 0.5) is 0 Å². The highest BCUT2D eigenvalue weighted by atomic mass is 15.2. The quantitative estimate of drug-likeness (QED) is 0.556. The van der Waals surface area contributed by atoms with Crippen LogP contribution < -0.4 is 0 Å². The van der Waals surface area contributed by atoms with Crippen molar-refractivity contribution in [3.63, 3.8) is 0 Å². The van der Waals surface area contributed by atoms with Gasteiger partial charge in [-0.1, -0.05) is 20.8 Å². The van der Waals surface area contributed by atoms with E-state index in [0.717, 1.165) is 35.8 Å². The van der Waals surface area contributed by atoms with Crippen LogP contribution in [0.5, 0.6) is 0 Å². The molecule has 2 unspecified atom stereocenters. The van der Waals surface area contributed by atoms with Crippen LogP contribution in [0.25, 0.3) is 0 Å². The summed E-state index contributed by atoms with van der Waals surface area (Å²) in [6.45, 7) is 19.8. The lowest BCUT2D eigenvalue weighted by Gasteiger charge is -2.38. The van der Waals surface area contributed by atoms with E-state index < -0.39 is 0 Å². The van der Waals surface area contributed by atoms with E-state index in [1.165, 1.54) is 71.1 Å². The number of rotatable bonds is 8. The number of hydrogen-bond donors (Lipinski definition) is 0. The maximum absolute atomic E-state index is 2.79. The van der Waals surface area contributed by atoms with Gasteiger partial charge in [0.1, 0.15) is 0 Å². The van der Waals surface area contributed by atoms with Crippen molar-refractivity contribution >= 4 is 0 Å². The summed E-state index contributed by atoms with van der Waals surface area (Å²) in [4.78, 5) is 5.44. The molecule has 2 heteroatoms. The molecule has 0 bridgehead atoms. The Morgan fingerprint density at radius 2 is 1.16 bits per heavy atom. The summed E-state index contributed by atoms with van der Waals surface area (Å²) in [5.41, 5.74) is 0. The SMILES string of the molecule is CC(C)CC1CCN(C(C)CC(C)CC2CCN(C(C)C)CC2)CC1. The third kappa shape index (κ3) is 7.21. The summed E-state index contributed by atoms with van der Waals surface area (Å²) in [5, 5.41) is 0. The van der Waals surface area contributed by atoms with Crippen molar-refractivity contribution in [1.29, 1.82) is 0 Å². The second-order valence-electron chi connectivity index (χ2n) is 10.1. The molecule has 2 saturated heterocycles. The number of likely N-dealkylation sites (tertiary alicyclic amines) is 2. The van der Waals surface area contributed by atoms with Gasteiger partial charge in [0.15, 0.2) is 0 Å². The zero-order chi connectivity index (χ0) is 18.4. The Morgan fingerprint density at radius 1 is 0.680 bits per heavy atom. The summed E-state index contributed by atoms with van der Waals surface area (Å²) < 4.78 is 0. The van der Waals surface area contributed by atoms with Gasteiger partial charge in [-0.25, -0.2) is 0 Å². The van der Waals surface area contributed by atoms with E-state index in [1.54, 1.807) is 0 Å². The fourth-order valence-electron chi connectivity index (χ4n) is 5.40. The van der Waals surface area contributed by atoms with Crippen LogP contribution in [0.2, 0.25) is 0 Å². The molecule has 0 aromatic heterocycles. The van der Waals surface area contributed by atoms with Crippen molar-refractivity contribution in [3.8, 4) is 0 Å². The predicted molar refractivity (Wildman–Crippen MR) is 111 cm³/mol. The van der Waals surface area contributed by atoms with Crippen LogP contribution >= 0.6 is 0 Å². The minimum atomic E-state index is 0.733. The van der Waals surface area contributed by atoms with Crippen molar-refractivity contribution in [2.24, 2.45) is 23.7 Å². The minimum Gasteiger partial charge on any atom is -0.301 e. The normalized spacial score (nSPS) is 25.0. The van der Waals surface area contributed by atoms with Crippen LogP contribution in [-0.4, -0.2) is 48.1 Å². The van der Waals surface area contributed by atoms with Crippen LogP contribution in [-0.2, 0) is 0 Å². The zero-order valence-electron chi connectivity index (χ0n) is 18.1. The van der Waals surface area contributed by atoms with Gasteiger partial charge in [0.2, 0.25) is 0 Å². The Kier molecular flexibility index (Phi) is 8.75. The maximum atomic E-state index is 2.79. The van der Waals surface area contributed by atoms with Crippen molar-refractivity contribution in [2.45, 2.75) is 98.6 Å². The monoisotopic (exact) mass is 350 g/mol. The average molecular weight is 351 g/mol. The molecule has 2 aliphatic rings. The molecular formula is C23H46N2. The van der Waals surface area contributed by atoms with Gasteiger partial charge in [0.25, 0.3) is 0 Å². The van der Waals surface area contributed by atoms with Crippen molar-refractivity contribution in [2.75, 3.05) is 26.2 Å². The van der Waals surface area contributed by atoms with Gasteiger partial charge >= 0.3 is 0 Å². The third-order valence-electron chi connectivity index (χ3n) is 6.94. The first kappa shape index (κ1) is 21.2. The van der Waals surface area contributed by atoms with E-state index in [4.69, 9.17) is 0 Å². The van der Waals surface area contributed by atoms with Gasteiger partial charge in [0, 0.05) is 12.1 Å². The van der Waals surface area contributed by atoms with Crippen molar-refractivity contribution in [1.82, 2.24) is 9.80 Å². The smallest absolute Gasteiger partial charge is 0.00694 e. The van der Waals surface area contributed by atoms with Crippen LogP contribution in [0.15, 0.2) is 0 Å². The lowest BCUT2D eigenvalue weighted by molar-refractivity contribution is 0.106. The highest BCUT2D eigenvalue weighted by molar-refractivity contribution is 4.80. The molecule has 0 spiro atoms. The molecule has 25 heavy (non-hydrogen) atoms. The highest BCUT2D eigenvalue weighted by Crippen LogP contribution is 2.30. The molecule has 2 fully saturated rings. The molecule has 148 valence electrons. The molecule has 2 heterocycles. The fourth-order valence-corrected chi connectivity index (χ4v) is 5.40. The largest absolute Gasteiger partial charge is 0.301 e. The van der Waals surface area contributed by atoms with E-state index in [2.05, 4.69) is 51.3 Å². The minimum absolute atomic E-state index is 0.733. The first-order valence-electron chi connectivity index (χ1n) is 11.3. The van der Waals surface area contributed by atoms with Crippen LogP contribution in [0.1, 0.15) is 86.5 Å². The van der Waals surface area contributed by atoms with Crippen molar-refractivity contribution in [3.05, 3.63) is 0 Å². The lowest BCUT2D eigenvalue weighted by Crippen LogP contribution is -2.41. The molecular weight excluding hydrogens is 304 g/mol. The van der Waals surface area contributed by atoms with Crippen LogP contribution in [0, 0.1) is 23.7 Å². The van der Waals surface area contributed by atoms with Gasteiger partial charge < -0.3 is 9.80 Å². The lowest BCUT2D eigenvalue weighted by atomic mass is 9.84. The Bertz CT molecular complexity index is 349. The van der Waals surface area contributed by atoms with E-state index in [-0.39, 0.29) is 0 Å². The predicted octanol–water partition coefficient (Wildman–Crippen LogP) is 5.67. The Balaban J connectivity index is 1.64. The summed E-state index contributed by atoms with van der Waals surface area (Å²) >= 11 is 0. The van der Waals surface area contributed by atoms with E-state index in [1.807, 2.05) is 0 Å². The van der Waals surface area contributed by atoms with E-state index in [9.17, 15) is 0 Å². The first-order chi connectivity index (χ1) is 11.8. The zero-order valence-corrected chi connectivity index (χ0v) is 18.1. The number of hydrogen-bond acceptors (Lipinski definition) is 2. The summed E-state index contributed by atoms with van der Waals surface area (Å²) in [6.07, 6.45) is 10.0. The molecule has 0 aromatic carbocycles. The van der Waals surface area contributed by atoms with Gasteiger partial charge in [-0.2, -0.15) is 0 Å². The topological polar surface area (TPSA) is 6.48 Å². The highest BCUT2D eigenvalue weighted by Gasteiger charge is 2.26. The molecule has 0 N–H and O–H groups in total. The summed E-state index contributed by atoms with van der Waals surface area (Å²) in [7, 11) is 0. The number of piperidine rings is 2. The second kappa shape index (κ2) is 10.3. The van der Waals surface area contributed by atoms with E-state index >= 15 is 0 Å². The molecule has 0 aliphatic carbocycles. The molecule has 2 rings (SSSR count). The van der Waals surface area contributed by atoms with Crippen LogP contribution in [0.3, 0.4) is 0 Å². The van der Waals surface area contributed by atoms with Gasteiger partial charge in [-0.15, -0.1) is 0 Å². The average Bonchev–Trinajstić information content (AvgIpc) is 2.55. The van der Waals surface area contributed by atoms with Gasteiger partial charge in [-0.05, 0) is 116 Å². The molecule has 2 atom stereocenters. The molecule has 2 aliphatic heterocycles. The Hall–Kier alpha value is -0.0800. The Morgan fingerprint density at radius 3 is 1.64 bits per heavy atom. The second-order valence-corrected chi connectivity index (χ2v) is 10.1. The Labute approximate surface area is 158 Å². The molecule has 0 amide bonds. The maximum Gasteiger partial charge on any atom is 0.00694 e. The van der Waals surface area contributed by atoms with Crippen molar-refractivity contribution < 1.29 is 0 Å². The standard InChI is InChI=1S/C23H46N2/c1-18(2)15-22-9-13-25(14-10-22)21(6)16-20(5)17-23-7-11-24(12-8-23)19(3)4/h18-23H,7-17H2,1-6H3.